The second kappa shape index (κ2) is 9.43. The topological polar surface area (TPSA) is 62.1 Å². The molecule has 2 aromatic carbocycles. The molecule has 2 aromatic rings. The fourth-order valence-electron chi connectivity index (χ4n) is 2.29. The summed E-state index contributed by atoms with van der Waals surface area (Å²) < 4.78 is 5.68. The fraction of sp³-hybridized carbons (Fsp3) is 0.273. The summed E-state index contributed by atoms with van der Waals surface area (Å²) in [7, 11) is 0. The number of aryl methyl sites for hydroxylation is 1. The van der Waals surface area contributed by atoms with Gasteiger partial charge >= 0.3 is 0 Å². The zero-order valence-electron chi connectivity index (χ0n) is 15.5. The minimum atomic E-state index is -0.418. The Bertz CT molecular complexity index is 815. The maximum atomic E-state index is 12.3. The van der Waals surface area contributed by atoms with Crippen molar-refractivity contribution in [3.63, 3.8) is 0 Å². The summed E-state index contributed by atoms with van der Waals surface area (Å²) in [5.41, 5.74) is 2.48. The lowest BCUT2D eigenvalue weighted by molar-refractivity contribution is -0.112. The van der Waals surface area contributed by atoms with Crippen LogP contribution >= 0.6 is 0 Å². The van der Waals surface area contributed by atoms with Gasteiger partial charge in [0.2, 0.25) is 0 Å². The van der Waals surface area contributed by atoms with Crippen molar-refractivity contribution in [2.24, 2.45) is 5.92 Å². The average Bonchev–Trinajstić information content (AvgIpc) is 2.62. The molecule has 1 N–H and O–H groups in total. The summed E-state index contributed by atoms with van der Waals surface area (Å²) in [6.07, 6.45) is 2.57. The molecule has 0 unspecified atom stereocenters. The van der Waals surface area contributed by atoms with E-state index >= 15 is 0 Å². The molecule has 0 atom stereocenters. The first-order valence-electron chi connectivity index (χ1n) is 8.71. The van der Waals surface area contributed by atoms with Gasteiger partial charge in [0.25, 0.3) is 5.91 Å². The van der Waals surface area contributed by atoms with Gasteiger partial charge in [-0.15, -0.1) is 0 Å². The molecule has 0 aromatic heterocycles. The third-order valence-electron chi connectivity index (χ3n) is 3.91. The van der Waals surface area contributed by atoms with Gasteiger partial charge in [-0.05, 0) is 54.7 Å². The maximum Gasteiger partial charge on any atom is 0.266 e. The fourth-order valence-corrected chi connectivity index (χ4v) is 2.29. The number of hydrogen-bond acceptors (Lipinski definition) is 3. The first-order valence-corrected chi connectivity index (χ1v) is 8.71. The van der Waals surface area contributed by atoms with E-state index in [0.717, 1.165) is 23.3 Å². The van der Waals surface area contributed by atoms with Crippen LogP contribution < -0.4 is 10.1 Å². The van der Waals surface area contributed by atoms with Crippen molar-refractivity contribution in [3.05, 3.63) is 65.2 Å². The smallest absolute Gasteiger partial charge is 0.266 e. The largest absolute Gasteiger partial charge is 0.494 e. The van der Waals surface area contributed by atoms with E-state index in [-0.39, 0.29) is 5.57 Å². The van der Waals surface area contributed by atoms with Gasteiger partial charge in [0, 0.05) is 5.69 Å². The normalized spacial score (nSPS) is 11.1. The van der Waals surface area contributed by atoms with Crippen molar-refractivity contribution in [1.29, 1.82) is 5.26 Å². The molecule has 0 aliphatic rings. The molecular formula is C22H24N2O2. The van der Waals surface area contributed by atoms with Crippen molar-refractivity contribution in [2.45, 2.75) is 27.2 Å². The van der Waals surface area contributed by atoms with Gasteiger partial charge in [-0.3, -0.25) is 4.79 Å². The van der Waals surface area contributed by atoms with E-state index < -0.39 is 5.91 Å². The van der Waals surface area contributed by atoms with E-state index in [1.807, 2.05) is 61.5 Å². The lowest BCUT2D eigenvalue weighted by Gasteiger charge is -2.08. The van der Waals surface area contributed by atoms with Crippen LogP contribution in [-0.4, -0.2) is 12.5 Å². The third-order valence-corrected chi connectivity index (χ3v) is 3.91. The van der Waals surface area contributed by atoms with Gasteiger partial charge < -0.3 is 10.1 Å². The summed E-state index contributed by atoms with van der Waals surface area (Å²) in [4.78, 5) is 12.3. The highest BCUT2D eigenvalue weighted by Gasteiger charge is 2.10. The summed E-state index contributed by atoms with van der Waals surface area (Å²) in [6, 6.07) is 16.8. The molecular weight excluding hydrogens is 324 g/mol. The van der Waals surface area contributed by atoms with Crippen LogP contribution in [0.3, 0.4) is 0 Å². The van der Waals surface area contributed by atoms with E-state index in [1.54, 1.807) is 6.08 Å². The Hall–Kier alpha value is -3.06. The van der Waals surface area contributed by atoms with Crippen LogP contribution in [0.1, 0.15) is 31.4 Å². The van der Waals surface area contributed by atoms with Gasteiger partial charge in [-0.25, -0.2) is 0 Å². The van der Waals surface area contributed by atoms with Crippen LogP contribution in [-0.2, 0) is 4.79 Å². The highest BCUT2D eigenvalue weighted by molar-refractivity contribution is 6.09. The van der Waals surface area contributed by atoms with Crippen molar-refractivity contribution in [1.82, 2.24) is 0 Å². The third kappa shape index (κ3) is 5.78. The molecule has 26 heavy (non-hydrogen) atoms. The number of nitrogens with zero attached hydrogens (tertiary/aromatic N) is 1. The number of nitrogens with one attached hydrogen (secondary N) is 1. The number of rotatable bonds is 7. The highest BCUT2D eigenvalue weighted by Crippen LogP contribution is 2.17. The molecule has 0 heterocycles. The molecule has 4 nitrogen and oxygen atoms in total. The molecule has 0 fully saturated rings. The van der Waals surface area contributed by atoms with Crippen LogP contribution in [0.4, 0.5) is 5.69 Å². The van der Waals surface area contributed by atoms with Crippen molar-refractivity contribution < 1.29 is 9.53 Å². The number of nitriles is 1. The lowest BCUT2D eigenvalue weighted by Crippen LogP contribution is -2.14. The zero-order chi connectivity index (χ0) is 18.9. The minimum absolute atomic E-state index is 0.0572. The molecule has 0 saturated carbocycles. The number of hydrogen-bond donors (Lipinski definition) is 1. The number of para-hydroxylation sites is 1. The molecule has 134 valence electrons. The van der Waals surface area contributed by atoms with Crippen molar-refractivity contribution >= 4 is 17.7 Å². The summed E-state index contributed by atoms with van der Waals surface area (Å²) in [5.74, 6) is 0.965. The Kier molecular flexibility index (Phi) is 6.99. The van der Waals surface area contributed by atoms with Gasteiger partial charge in [-0.1, -0.05) is 44.2 Å². The van der Waals surface area contributed by atoms with Crippen molar-refractivity contribution in [3.8, 4) is 11.8 Å². The summed E-state index contributed by atoms with van der Waals surface area (Å²) >= 11 is 0. The second-order valence-corrected chi connectivity index (χ2v) is 6.54. The zero-order valence-corrected chi connectivity index (χ0v) is 15.5. The molecule has 0 aliphatic heterocycles. The van der Waals surface area contributed by atoms with Gasteiger partial charge in [0.05, 0.1) is 6.61 Å². The Morgan fingerprint density at radius 2 is 1.88 bits per heavy atom. The predicted molar refractivity (Wildman–Crippen MR) is 105 cm³/mol. The van der Waals surface area contributed by atoms with Crippen LogP contribution in [0, 0.1) is 24.2 Å². The number of carbonyl (C=O) groups excluding carboxylic acids is 1. The molecule has 4 heteroatoms. The number of amides is 1. The minimum Gasteiger partial charge on any atom is -0.494 e. The van der Waals surface area contributed by atoms with Gasteiger partial charge in [-0.2, -0.15) is 5.26 Å². The number of ether oxygens (including phenoxy) is 1. The Morgan fingerprint density at radius 1 is 1.19 bits per heavy atom. The Morgan fingerprint density at radius 3 is 2.50 bits per heavy atom. The predicted octanol–water partition coefficient (Wildman–Crippen LogP) is 4.97. The van der Waals surface area contributed by atoms with Gasteiger partial charge in [0.1, 0.15) is 17.4 Å². The van der Waals surface area contributed by atoms with E-state index in [1.165, 1.54) is 0 Å². The molecule has 0 saturated heterocycles. The molecule has 0 radical (unpaired) electrons. The molecule has 0 aliphatic carbocycles. The molecule has 0 spiro atoms. The highest BCUT2D eigenvalue weighted by atomic mass is 16.5. The van der Waals surface area contributed by atoms with Crippen LogP contribution in [0.2, 0.25) is 0 Å². The van der Waals surface area contributed by atoms with Gasteiger partial charge in [0.15, 0.2) is 0 Å². The SMILES string of the molecule is Cc1ccccc1NC(=O)/C(C#N)=C\c1ccc(OCCC(C)C)cc1. The van der Waals surface area contributed by atoms with E-state index in [9.17, 15) is 10.1 Å². The van der Waals surface area contributed by atoms with Crippen molar-refractivity contribution in [2.75, 3.05) is 11.9 Å². The summed E-state index contributed by atoms with van der Waals surface area (Å²) in [5, 5.41) is 12.1. The number of carbonyl (C=O) groups is 1. The van der Waals surface area contributed by atoms with Crippen LogP contribution in [0.25, 0.3) is 6.08 Å². The number of benzene rings is 2. The molecule has 0 bridgehead atoms. The van der Waals surface area contributed by atoms with Crippen LogP contribution in [0.15, 0.2) is 54.1 Å². The number of anilines is 1. The second-order valence-electron chi connectivity index (χ2n) is 6.54. The molecule has 1 amide bonds. The first kappa shape index (κ1) is 19.3. The first-order chi connectivity index (χ1) is 12.5. The standard InChI is InChI=1S/C22H24N2O2/c1-16(2)12-13-26-20-10-8-18(9-11-20)14-19(15-23)22(25)24-21-7-5-4-6-17(21)3/h4-11,14,16H,12-13H2,1-3H3,(H,24,25)/b19-14-. The van der Waals surface area contributed by atoms with E-state index in [0.29, 0.717) is 18.2 Å². The quantitative estimate of drug-likeness (QED) is 0.568. The summed E-state index contributed by atoms with van der Waals surface area (Å²) in [6.45, 7) is 6.89. The average molecular weight is 348 g/mol. The Balaban J connectivity index is 2.04. The van der Waals surface area contributed by atoms with E-state index in [2.05, 4.69) is 19.2 Å². The van der Waals surface area contributed by atoms with Crippen LogP contribution in [0.5, 0.6) is 5.75 Å². The molecule has 2 rings (SSSR count). The lowest BCUT2D eigenvalue weighted by atomic mass is 10.1. The Labute approximate surface area is 155 Å². The van der Waals surface area contributed by atoms with E-state index in [4.69, 9.17) is 4.74 Å². The monoisotopic (exact) mass is 348 g/mol. The maximum absolute atomic E-state index is 12.3.